The lowest BCUT2D eigenvalue weighted by Crippen LogP contribution is -2.37. The van der Waals surface area contributed by atoms with E-state index in [1.54, 1.807) is 18.3 Å². The molecule has 4 heterocycles. The molecule has 0 saturated carbocycles. The predicted octanol–water partition coefficient (Wildman–Crippen LogP) is 4.10. The zero-order valence-corrected chi connectivity index (χ0v) is 17.6. The Morgan fingerprint density at radius 2 is 2.06 bits per heavy atom. The van der Waals surface area contributed by atoms with E-state index >= 15 is 0 Å². The highest BCUT2D eigenvalue weighted by Gasteiger charge is 2.39. The fourth-order valence-electron chi connectivity index (χ4n) is 4.26. The Morgan fingerprint density at radius 1 is 1.21 bits per heavy atom. The summed E-state index contributed by atoms with van der Waals surface area (Å²) in [5.74, 6) is 0.100. The molecule has 0 unspecified atom stereocenters. The number of aromatic nitrogens is 3. The van der Waals surface area contributed by atoms with Crippen molar-refractivity contribution < 1.29 is 22.7 Å². The third-order valence-corrected chi connectivity index (χ3v) is 5.96. The van der Waals surface area contributed by atoms with Gasteiger partial charge in [0.15, 0.2) is 5.69 Å². The summed E-state index contributed by atoms with van der Waals surface area (Å²) in [7, 11) is 0. The molecule has 7 nitrogen and oxygen atoms in total. The summed E-state index contributed by atoms with van der Waals surface area (Å²) >= 11 is 0. The largest absolute Gasteiger partial charge is 0.418 e. The van der Waals surface area contributed by atoms with Crippen LogP contribution in [0.4, 0.5) is 24.7 Å². The van der Waals surface area contributed by atoms with E-state index in [-0.39, 0.29) is 6.10 Å². The van der Waals surface area contributed by atoms with Crippen molar-refractivity contribution in [2.24, 2.45) is 0 Å². The quantitative estimate of drug-likeness (QED) is 0.638. The lowest BCUT2D eigenvalue weighted by Gasteiger charge is -2.28. The molecule has 33 heavy (non-hydrogen) atoms. The monoisotopic (exact) mass is 455 g/mol. The molecule has 1 aromatic carbocycles. The molecule has 1 amide bonds. The van der Waals surface area contributed by atoms with Crippen molar-refractivity contribution in [2.45, 2.75) is 31.7 Å². The van der Waals surface area contributed by atoms with Crippen LogP contribution in [-0.4, -0.2) is 46.4 Å². The van der Waals surface area contributed by atoms with Gasteiger partial charge in [0.25, 0.3) is 5.91 Å². The van der Waals surface area contributed by atoms with Gasteiger partial charge in [-0.3, -0.25) is 4.79 Å². The number of amides is 1. The zero-order chi connectivity index (χ0) is 23.2. The summed E-state index contributed by atoms with van der Waals surface area (Å²) < 4.78 is 44.4. The Labute approximate surface area is 187 Å². The minimum atomic E-state index is -4.61. The van der Waals surface area contributed by atoms with Crippen molar-refractivity contribution in [2.75, 3.05) is 23.4 Å². The molecule has 5 rings (SSSR count). The predicted molar refractivity (Wildman–Crippen MR) is 115 cm³/mol. The van der Waals surface area contributed by atoms with Crippen LogP contribution >= 0.6 is 0 Å². The second-order valence-corrected chi connectivity index (χ2v) is 8.21. The van der Waals surface area contributed by atoms with Crippen LogP contribution in [-0.2, 0) is 10.9 Å². The van der Waals surface area contributed by atoms with E-state index in [9.17, 15) is 18.0 Å². The molecule has 2 bridgehead atoms. The number of anilines is 2. The van der Waals surface area contributed by atoms with Crippen LogP contribution in [0.2, 0.25) is 0 Å². The molecule has 2 aromatic heterocycles. The number of nitrogens with one attached hydrogen (secondary N) is 1. The maximum absolute atomic E-state index is 12.9. The number of carbonyl (C=O) groups is 1. The molecule has 170 valence electrons. The lowest BCUT2D eigenvalue weighted by molar-refractivity contribution is -0.137. The SMILES string of the molecule is Cc1ccc(NC(=O)c2cc(C(F)(F)F)cnn2)cc1-c1ccnc(N2C[C@H]3C[C@@H]2CO3)c1. The van der Waals surface area contributed by atoms with Crippen molar-refractivity contribution >= 4 is 17.4 Å². The smallest absolute Gasteiger partial charge is 0.374 e. The summed E-state index contributed by atoms with van der Waals surface area (Å²) in [6.45, 7) is 3.47. The molecule has 2 aliphatic rings. The van der Waals surface area contributed by atoms with E-state index in [0.717, 1.165) is 35.5 Å². The van der Waals surface area contributed by atoms with E-state index in [0.29, 0.717) is 30.6 Å². The van der Waals surface area contributed by atoms with Gasteiger partial charge in [0.2, 0.25) is 0 Å². The van der Waals surface area contributed by atoms with Gasteiger partial charge in [-0.15, -0.1) is 5.10 Å². The fourth-order valence-corrected chi connectivity index (χ4v) is 4.26. The van der Waals surface area contributed by atoms with Crippen molar-refractivity contribution in [3.63, 3.8) is 0 Å². The second kappa shape index (κ2) is 8.11. The first-order chi connectivity index (χ1) is 15.8. The number of halogens is 3. The normalized spacial score (nSPS) is 19.7. The van der Waals surface area contributed by atoms with Crippen molar-refractivity contribution in [1.82, 2.24) is 15.2 Å². The first-order valence-electron chi connectivity index (χ1n) is 10.4. The van der Waals surface area contributed by atoms with Gasteiger partial charge in [0.05, 0.1) is 30.5 Å². The molecule has 0 aliphatic carbocycles. The second-order valence-electron chi connectivity index (χ2n) is 8.21. The highest BCUT2D eigenvalue weighted by molar-refractivity contribution is 6.03. The molecule has 10 heteroatoms. The van der Waals surface area contributed by atoms with Crippen LogP contribution in [0.3, 0.4) is 0 Å². The van der Waals surface area contributed by atoms with Crippen molar-refractivity contribution in [3.05, 3.63) is 65.6 Å². The first kappa shape index (κ1) is 21.3. The van der Waals surface area contributed by atoms with E-state index in [2.05, 4.69) is 25.4 Å². The van der Waals surface area contributed by atoms with Crippen LogP contribution < -0.4 is 10.2 Å². The number of hydrogen-bond donors (Lipinski definition) is 1. The third kappa shape index (κ3) is 4.25. The summed E-state index contributed by atoms with van der Waals surface area (Å²) in [6, 6.07) is 10.2. The van der Waals surface area contributed by atoms with E-state index in [1.807, 2.05) is 25.1 Å². The van der Waals surface area contributed by atoms with Crippen LogP contribution in [0.15, 0.2) is 48.8 Å². The van der Waals surface area contributed by atoms with Gasteiger partial charge < -0.3 is 15.0 Å². The third-order valence-electron chi connectivity index (χ3n) is 5.96. The molecular formula is C23H20F3N5O2. The van der Waals surface area contributed by atoms with Gasteiger partial charge in [0, 0.05) is 18.4 Å². The maximum atomic E-state index is 12.9. The first-order valence-corrected chi connectivity index (χ1v) is 10.4. The summed E-state index contributed by atoms with van der Waals surface area (Å²) in [6.07, 6.45) is -1.02. The van der Waals surface area contributed by atoms with E-state index < -0.39 is 23.3 Å². The average molecular weight is 455 g/mol. The number of aryl methyl sites for hydroxylation is 1. The van der Waals surface area contributed by atoms with Gasteiger partial charge in [-0.05, 0) is 60.4 Å². The number of morpholine rings is 1. The number of rotatable bonds is 4. The maximum Gasteiger partial charge on any atom is 0.418 e. The van der Waals surface area contributed by atoms with Gasteiger partial charge in [-0.2, -0.15) is 18.3 Å². The van der Waals surface area contributed by atoms with Crippen LogP contribution in [0.1, 0.15) is 28.0 Å². The van der Waals surface area contributed by atoms with Crippen LogP contribution in [0.25, 0.3) is 11.1 Å². The summed E-state index contributed by atoms with van der Waals surface area (Å²) in [5.41, 5.74) is 1.78. The number of pyridine rings is 1. The van der Waals surface area contributed by atoms with Gasteiger partial charge in [-0.25, -0.2) is 4.98 Å². The standard InChI is InChI=1S/C23H20F3N5O2/c1-13-2-3-16(29-22(32)20-7-15(10-28-30-20)23(24,25)26)8-19(13)14-4-5-27-21(6-14)31-11-18-9-17(31)12-33-18/h2-8,10,17-18H,9,11-12H2,1H3,(H,29,32)/t17-,18-/m1/s1. The van der Waals surface area contributed by atoms with Gasteiger partial charge in [-0.1, -0.05) is 6.07 Å². The molecule has 0 radical (unpaired) electrons. The molecule has 2 saturated heterocycles. The van der Waals surface area contributed by atoms with Crippen LogP contribution in [0.5, 0.6) is 0 Å². The average Bonchev–Trinajstić information content (AvgIpc) is 3.44. The zero-order valence-electron chi connectivity index (χ0n) is 17.6. The van der Waals surface area contributed by atoms with Crippen molar-refractivity contribution in [3.8, 4) is 11.1 Å². The number of hydrogen-bond acceptors (Lipinski definition) is 6. The topological polar surface area (TPSA) is 80.2 Å². The minimum absolute atomic E-state index is 0.250. The number of ether oxygens (including phenoxy) is 1. The van der Waals surface area contributed by atoms with E-state index in [4.69, 9.17) is 4.74 Å². The molecule has 2 fully saturated rings. The molecule has 3 aromatic rings. The Hall–Kier alpha value is -3.53. The molecule has 0 spiro atoms. The van der Waals surface area contributed by atoms with Crippen LogP contribution in [0, 0.1) is 6.92 Å². The molecule has 1 N–H and O–H groups in total. The van der Waals surface area contributed by atoms with Crippen molar-refractivity contribution in [1.29, 1.82) is 0 Å². The highest BCUT2D eigenvalue weighted by atomic mass is 19.4. The number of fused-ring (bicyclic) bond motifs is 2. The van der Waals surface area contributed by atoms with Gasteiger partial charge >= 0.3 is 6.18 Å². The molecule has 2 aliphatic heterocycles. The Morgan fingerprint density at radius 3 is 2.79 bits per heavy atom. The minimum Gasteiger partial charge on any atom is -0.374 e. The van der Waals surface area contributed by atoms with E-state index in [1.165, 1.54) is 0 Å². The Kier molecular flexibility index (Phi) is 5.24. The number of benzene rings is 1. The Bertz CT molecular complexity index is 1220. The number of carbonyl (C=O) groups excluding carboxylic acids is 1. The number of alkyl halides is 3. The lowest BCUT2D eigenvalue weighted by atomic mass is 10.0. The molecule has 2 atom stereocenters. The number of nitrogens with zero attached hydrogens (tertiary/aromatic N) is 4. The fraction of sp³-hybridized carbons (Fsp3) is 0.304. The highest BCUT2D eigenvalue weighted by Crippen LogP contribution is 2.34. The Balaban J connectivity index is 1.39. The van der Waals surface area contributed by atoms with Gasteiger partial charge in [0.1, 0.15) is 5.82 Å². The summed E-state index contributed by atoms with van der Waals surface area (Å²) in [5, 5.41) is 9.46. The summed E-state index contributed by atoms with van der Waals surface area (Å²) in [4.78, 5) is 19.3. The molecular weight excluding hydrogens is 435 g/mol.